The van der Waals surface area contributed by atoms with Crippen molar-refractivity contribution in [3.63, 3.8) is 0 Å². The summed E-state index contributed by atoms with van der Waals surface area (Å²) in [5.41, 5.74) is 0.370. The molecule has 2 rings (SSSR count). The zero-order valence-corrected chi connectivity index (χ0v) is 10.6. The highest BCUT2D eigenvalue weighted by atomic mass is 19.1. The summed E-state index contributed by atoms with van der Waals surface area (Å²) in [6.07, 6.45) is 0.516. The van der Waals surface area contributed by atoms with Crippen LogP contribution < -0.4 is 10.1 Å². The van der Waals surface area contributed by atoms with Crippen LogP contribution in [0.5, 0.6) is 11.5 Å². The average Bonchev–Trinajstić information content (AvgIpc) is 2.38. The first kappa shape index (κ1) is 13.1. The van der Waals surface area contributed by atoms with Gasteiger partial charge in [0.1, 0.15) is 17.3 Å². The highest BCUT2D eigenvalue weighted by molar-refractivity contribution is 5.41. The van der Waals surface area contributed by atoms with E-state index in [1.807, 2.05) is 0 Å². The van der Waals surface area contributed by atoms with Crippen molar-refractivity contribution >= 4 is 0 Å². The van der Waals surface area contributed by atoms with Gasteiger partial charge in [0.2, 0.25) is 0 Å². The lowest BCUT2D eigenvalue weighted by Crippen LogP contribution is -2.44. The van der Waals surface area contributed by atoms with Gasteiger partial charge in [-0.3, -0.25) is 0 Å². The Balaban J connectivity index is 2.00. The van der Waals surface area contributed by atoms with Crippen LogP contribution in [0.4, 0.5) is 4.39 Å². The molecule has 0 spiro atoms. The molecular weight excluding hydrogens is 235 g/mol. The molecule has 0 saturated carbocycles. The molecule has 4 nitrogen and oxygen atoms in total. The van der Waals surface area contributed by atoms with Crippen molar-refractivity contribution < 1.29 is 14.2 Å². The number of halogens is 1. The Morgan fingerprint density at radius 3 is 2.72 bits per heavy atom. The zero-order valence-electron chi connectivity index (χ0n) is 10.6. The average molecular weight is 254 g/mol. The molecule has 2 N–H and O–H groups in total. The summed E-state index contributed by atoms with van der Waals surface area (Å²) in [6.45, 7) is 4.64. The van der Waals surface area contributed by atoms with E-state index in [9.17, 15) is 9.50 Å². The second kappa shape index (κ2) is 6.02. The Morgan fingerprint density at radius 1 is 1.39 bits per heavy atom. The quantitative estimate of drug-likeness (QED) is 0.841. The molecule has 5 heteroatoms. The number of ether oxygens (including phenoxy) is 1. The number of hydrogen-bond acceptors (Lipinski definition) is 4. The van der Waals surface area contributed by atoms with Gasteiger partial charge in [-0.25, -0.2) is 4.39 Å². The van der Waals surface area contributed by atoms with Gasteiger partial charge >= 0.3 is 0 Å². The molecule has 0 aromatic heterocycles. The summed E-state index contributed by atoms with van der Waals surface area (Å²) < 4.78 is 18.7. The van der Waals surface area contributed by atoms with Gasteiger partial charge in [0.05, 0.1) is 7.11 Å². The molecule has 100 valence electrons. The predicted octanol–water partition coefficient (Wildman–Crippen LogP) is 0.988. The van der Waals surface area contributed by atoms with Crippen molar-refractivity contribution in [1.29, 1.82) is 0 Å². The first-order chi connectivity index (χ1) is 8.70. The van der Waals surface area contributed by atoms with Crippen LogP contribution in [-0.2, 0) is 6.42 Å². The van der Waals surface area contributed by atoms with E-state index in [2.05, 4.69) is 10.2 Å². The Hall–Kier alpha value is -1.33. The largest absolute Gasteiger partial charge is 0.507 e. The number of aromatic hydroxyl groups is 1. The predicted molar refractivity (Wildman–Crippen MR) is 67.6 cm³/mol. The fourth-order valence-corrected chi connectivity index (χ4v) is 2.17. The molecule has 1 aromatic carbocycles. The molecule has 18 heavy (non-hydrogen) atoms. The van der Waals surface area contributed by atoms with Crippen LogP contribution in [0.15, 0.2) is 12.1 Å². The third-order valence-electron chi connectivity index (χ3n) is 3.27. The summed E-state index contributed by atoms with van der Waals surface area (Å²) in [5, 5.41) is 13.1. The molecule has 1 aliphatic heterocycles. The molecule has 0 unspecified atom stereocenters. The van der Waals surface area contributed by atoms with Crippen molar-refractivity contribution in [3.8, 4) is 11.5 Å². The number of rotatable bonds is 4. The summed E-state index contributed by atoms with van der Waals surface area (Å²) in [7, 11) is 1.45. The minimum Gasteiger partial charge on any atom is -0.507 e. The lowest BCUT2D eigenvalue weighted by atomic mass is 10.1. The fraction of sp³-hybridized carbons (Fsp3) is 0.538. The van der Waals surface area contributed by atoms with Crippen molar-refractivity contribution in [2.24, 2.45) is 0 Å². The molecule has 1 aromatic rings. The maximum atomic E-state index is 13.8. The van der Waals surface area contributed by atoms with Crippen molar-refractivity contribution in [1.82, 2.24) is 10.2 Å². The summed E-state index contributed by atoms with van der Waals surface area (Å²) in [4.78, 5) is 2.26. The molecule has 0 aliphatic carbocycles. The maximum absolute atomic E-state index is 13.8. The van der Waals surface area contributed by atoms with Crippen molar-refractivity contribution in [3.05, 3.63) is 23.5 Å². The zero-order chi connectivity index (χ0) is 13.0. The first-order valence-corrected chi connectivity index (χ1v) is 6.19. The molecule has 0 radical (unpaired) electrons. The van der Waals surface area contributed by atoms with Gasteiger partial charge in [-0.1, -0.05) is 0 Å². The lowest BCUT2D eigenvalue weighted by Gasteiger charge is -2.27. The summed E-state index contributed by atoms with van der Waals surface area (Å²) >= 11 is 0. The van der Waals surface area contributed by atoms with E-state index < -0.39 is 5.82 Å². The van der Waals surface area contributed by atoms with Crippen LogP contribution in [0.2, 0.25) is 0 Å². The molecule has 1 fully saturated rings. The molecule has 0 atom stereocenters. The number of methoxy groups -OCH3 is 1. The van der Waals surface area contributed by atoms with Gasteiger partial charge in [0.15, 0.2) is 0 Å². The van der Waals surface area contributed by atoms with E-state index in [0.29, 0.717) is 17.7 Å². The van der Waals surface area contributed by atoms with E-state index in [4.69, 9.17) is 4.74 Å². The highest BCUT2D eigenvalue weighted by Crippen LogP contribution is 2.27. The van der Waals surface area contributed by atoms with Crippen LogP contribution >= 0.6 is 0 Å². The standard InChI is InChI=1S/C13H19FN2O2/c1-18-10-8-12(14)11(13(17)9-10)2-5-16-6-3-15-4-7-16/h8-9,15,17H,2-7H2,1H3. The van der Waals surface area contributed by atoms with Gasteiger partial charge in [0.25, 0.3) is 0 Å². The molecule has 0 bridgehead atoms. The lowest BCUT2D eigenvalue weighted by molar-refractivity contribution is 0.242. The third kappa shape index (κ3) is 3.11. The molecule has 1 aliphatic rings. The second-order valence-electron chi connectivity index (χ2n) is 4.45. The van der Waals surface area contributed by atoms with E-state index in [-0.39, 0.29) is 5.75 Å². The Morgan fingerprint density at radius 2 is 2.11 bits per heavy atom. The number of nitrogens with one attached hydrogen (secondary N) is 1. The van der Waals surface area contributed by atoms with Crippen LogP contribution in [0, 0.1) is 5.82 Å². The van der Waals surface area contributed by atoms with Crippen LogP contribution in [0.25, 0.3) is 0 Å². The van der Waals surface area contributed by atoms with Crippen LogP contribution in [0.3, 0.4) is 0 Å². The van der Waals surface area contributed by atoms with Gasteiger partial charge in [-0.05, 0) is 6.42 Å². The number of phenolic OH excluding ortho intramolecular Hbond substituents is 1. The molecule has 1 heterocycles. The van der Waals surface area contributed by atoms with Gasteiger partial charge in [-0.2, -0.15) is 0 Å². The minimum atomic E-state index is -0.401. The second-order valence-corrected chi connectivity index (χ2v) is 4.45. The molecule has 0 amide bonds. The number of phenols is 1. The number of nitrogens with zero attached hydrogens (tertiary/aromatic N) is 1. The monoisotopic (exact) mass is 254 g/mol. The smallest absolute Gasteiger partial charge is 0.133 e. The Labute approximate surface area is 106 Å². The first-order valence-electron chi connectivity index (χ1n) is 6.19. The van der Waals surface area contributed by atoms with E-state index in [1.54, 1.807) is 0 Å². The third-order valence-corrected chi connectivity index (χ3v) is 3.27. The van der Waals surface area contributed by atoms with Gasteiger partial charge in [-0.15, -0.1) is 0 Å². The Bertz CT molecular complexity index is 383. The minimum absolute atomic E-state index is 0.0259. The van der Waals surface area contributed by atoms with Gasteiger partial charge in [0, 0.05) is 50.4 Å². The van der Waals surface area contributed by atoms with E-state index >= 15 is 0 Å². The Kier molecular flexibility index (Phi) is 4.38. The van der Waals surface area contributed by atoms with Gasteiger partial charge < -0.3 is 20.1 Å². The van der Waals surface area contributed by atoms with Crippen molar-refractivity contribution in [2.45, 2.75) is 6.42 Å². The maximum Gasteiger partial charge on any atom is 0.133 e. The van der Waals surface area contributed by atoms with E-state index in [1.165, 1.54) is 19.2 Å². The fourth-order valence-electron chi connectivity index (χ4n) is 2.17. The van der Waals surface area contributed by atoms with E-state index in [0.717, 1.165) is 32.7 Å². The number of benzene rings is 1. The number of piperazine rings is 1. The van der Waals surface area contributed by atoms with Crippen LogP contribution in [0.1, 0.15) is 5.56 Å². The molecule has 1 saturated heterocycles. The normalized spacial score (nSPS) is 16.8. The summed E-state index contributed by atoms with van der Waals surface area (Å²) in [6, 6.07) is 2.77. The SMILES string of the molecule is COc1cc(O)c(CCN2CCNCC2)c(F)c1. The van der Waals surface area contributed by atoms with Crippen LogP contribution in [-0.4, -0.2) is 49.8 Å². The number of hydrogen-bond donors (Lipinski definition) is 2. The topological polar surface area (TPSA) is 44.7 Å². The highest BCUT2D eigenvalue weighted by Gasteiger charge is 2.14. The molecular formula is C13H19FN2O2. The van der Waals surface area contributed by atoms with Crippen molar-refractivity contribution in [2.75, 3.05) is 39.8 Å². The summed E-state index contributed by atoms with van der Waals surface area (Å²) in [5.74, 6) is -0.0834.